The molecule has 1 fully saturated rings. The number of likely N-dealkylation sites (tertiary alicyclic amines) is 1. The summed E-state index contributed by atoms with van der Waals surface area (Å²) in [6.45, 7) is 3.68. The van der Waals surface area contributed by atoms with Crippen LogP contribution in [0.2, 0.25) is 0 Å². The summed E-state index contributed by atoms with van der Waals surface area (Å²) in [6.07, 6.45) is 6.06. The molecule has 22 heavy (non-hydrogen) atoms. The molecule has 0 aromatic heterocycles. The maximum absolute atomic E-state index is 12.2. The number of piperidine rings is 1. The molecule has 6 heteroatoms. The Morgan fingerprint density at radius 2 is 1.95 bits per heavy atom. The summed E-state index contributed by atoms with van der Waals surface area (Å²) in [6, 6.07) is 0. The van der Waals surface area contributed by atoms with Crippen molar-refractivity contribution in [1.29, 1.82) is 0 Å². The number of nitrogens with one attached hydrogen (secondary N) is 1. The fourth-order valence-corrected chi connectivity index (χ4v) is 2.86. The highest BCUT2D eigenvalue weighted by Crippen LogP contribution is 2.21. The predicted octanol–water partition coefficient (Wildman–Crippen LogP) is 1.79. The van der Waals surface area contributed by atoms with E-state index in [1.54, 1.807) is 0 Å². The molecule has 0 aromatic carbocycles. The zero-order valence-corrected chi connectivity index (χ0v) is 13.5. The Morgan fingerprint density at radius 1 is 1.18 bits per heavy atom. The molecule has 0 radical (unpaired) electrons. The van der Waals surface area contributed by atoms with Crippen LogP contribution in [-0.2, 0) is 14.4 Å². The van der Waals surface area contributed by atoms with Gasteiger partial charge in [0.05, 0.1) is 0 Å². The molecule has 1 rings (SSSR count). The van der Waals surface area contributed by atoms with Gasteiger partial charge in [-0.05, 0) is 38.0 Å². The summed E-state index contributed by atoms with van der Waals surface area (Å²) >= 11 is 0. The number of carbonyl (C=O) groups is 3. The number of amides is 2. The van der Waals surface area contributed by atoms with E-state index in [2.05, 4.69) is 5.32 Å². The van der Waals surface area contributed by atoms with Crippen molar-refractivity contribution < 1.29 is 19.5 Å². The summed E-state index contributed by atoms with van der Waals surface area (Å²) in [4.78, 5) is 35.4. The molecule has 1 atom stereocenters. The van der Waals surface area contributed by atoms with E-state index in [1.807, 2.05) is 4.90 Å². The first-order valence-corrected chi connectivity index (χ1v) is 8.23. The van der Waals surface area contributed by atoms with Crippen LogP contribution in [0, 0.1) is 5.92 Å². The fourth-order valence-electron chi connectivity index (χ4n) is 2.86. The number of aliphatic carboxylic acids is 1. The van der Waals surface area contributed by atoms with Gasteiger partial charge in [0.1, 0.15) is 0 Å². The van der Waals surface area contributed by atoms with Crippen LogP contribution in [-0.4, -0.2) is 47.4 Å². The minimum Gasteiger partial charge on any atom is -0.481 e. The average Bonchev–Trinajstić information content (AvgIpc) is 2.48. The quantitative estimate of drug-likeness (QED) is 0.635. The smallest absolute Gasteiger partial charge is 0.303 e. The van der Waals surface area contributed by atoms with Gasteiger partial charge in [-0.2, -0.15) is 0 Å². The van der Waals surface area contributed by atoms with Gasteiger partial charge in [-0.15, -0.1) is 0 Å². The van der Waals surface area contributed by atoms with Gasteiger partial charge in [-0.25, -0.2) is 0 Å². The van der Waals surface area contributed by atoms with E-state index in [0.717, 1.165) is 38.6 Å². The molecule has 1 saturated heterocycles. The third kappa shape index (κ3) is 8.00. The summed E-state index contributed by atoms with van der Waals surface area (Å²) in [7, 11) is 0. The van der Waals surface area contributed by atoms with Crippen LogP contribution >= 0.6 is 0 Å². The largest absolute Gasteiger partial charge is 0.481 e. The second-order valence-corrected chi connectivity index (χ2v) is 6.07. The molecule has 0 aromatic rings. The third-order valence-electron chi connectivity index (χ3n) is 4.08. The lowest BCUT2D eigenvalue weighted by molar-refractivity contribution is -0.137. The van der Waals surface area contributed by atoms with Crippen molar-refractivity contribution in [2.75, 3.05) is 19.6 Å². The first-order valence-electron chi connectivity index (χ1n) is 8.23. The number of carbonyl (C=O) groups excluding carboxylic acids is 2. The van der Waals surface area contributed by atoms with Crippen molar-refractivity contribution >= 4 is 17.8 Å². The molecular weight excluding hydrogens is 284 g/mol. The number of hydrogen-bond acceptors (Lipinski definition) is 3. The maximum atomic E-state index is 12.2. The molecule has 0 aliphatic carbocycles. The van der Waals surface area contributed by atoms with Crippen LogP contribution in [0.15, 0.2) is 0 Å². The molecule has 2 amide bonds. The molecule has 1 aliphatic heterocycles. The fraction of sp³-hybridized carbons (Fsp3) is 0.812. The Morgan fingerprint density at radius 3 is 2.64 bits per heavy atom. The molecular formula is C16H28N2O4. The van der Waals surface area contributed by atoms with E-state index in [9.17, 15) is 14.4 Å². The minimum atomic E-state index is -0.761. The lowest BCUT2D eigenvalue weighted by atomic mass is 9.93. The summed E-state index contributed by atoms with van der Waals surface area (Å²) in [5, 5.41) is 11.5. The first-order chi connectivity index (χ1) is 10.5. The van der Waals surface area contributed by atoms with E-state index in [0.29, 0.717) is 31.8 Å². The van der Waals surface area contributed by atoms with Crippen LogP contribution in [0.3, 0.4) is 0 Å². The van der Waals surface area contributed by atoms with E-state index >= 15 is 0 Å². The molecule has 6 nitrogen and oxygen atoms in total. The van der Waals surface area contributed by atoms with Crippen LogP contribution < -0.4 is 5.32 Å². The minimum absolute atomic E-state index is 0.0169. The van der Waals surface area contributed by atoms with Crippen LogP contribution in [0.5, 0.6) is 0 Å². The second kappa shape index (κ2) is 10.2. The SMILES string of the molecule is CC(=O)NCCCCCC(=O)N1CCCC(CCC(=O)O)C1. The summed E-state index contributed by atoms with van der Waals surface area (Å²) in [5.74, 6) is -0.271. The van der Waals surface area contributed by atoms with Gasteiger partial charge in [-0.3, -0.25) is 14.4 Å². The van der Waals surface area contributed by atoms with E-state index < -0.39 is 5.97 Å². The van der Waals surface area contributed by atoms with Gasteiger partial charge in [0, 0.05) is 39.4 Å². The Hall–Kier alpha value is -1.59. The van der Waals surface area contributed by atoms with Gasteiger partial charge in [-0.1, -0.05) is 6.42 Å². The summed E-state index contributed by atoms with van der Waals surface area (Å²) in [5.41, 5.74) is 0. The Kier molecular flexibility index (Phi) is 8.55. The predicted molar refractivity (Wildman–Crippen MR) is 83.3 cm³/mol. The second-order valence-electron chi connectivity index (χ2n) is 6.07. The topological polar surface area (TPSA) is 86.7 Å². The molecule has 1 heterocycles. The molecule has 126 valence electrons. The van der Waals surface area contributed by atoms with Gasteiger partial charge in [0.25, 0.3) is 0 Å². The number of rotatable bonds is 9. The molecule has 0 spiro atoms. The Balaban J connectivity index is 2.15. The van der Waals surface area contributed by atoms with Crippen LogP contribution in [0.1, 0.15) is 58.3 Å². The van der Waals surface area contributed by atoms with Gasteiger partial charge < -0.3 is 15.3 Å². The van der Waals surface area contributed by atoms with E-state index in [-0.39, 0.29) is 18.2 Å². The average molecular weight is 312 g/mol. The normalized spacial score (nSPS) is 18.0. The Labute approximate surface area is 132 Å². The van der Waals surface area contributed by atoms with Crippen molar-refractivity contribution in [3.05, 3.63) is 0 Å². The number of nitrogens with zero attached hydrogens (tertiary/aromatic N) is 1. The zero-order valence-electron chi connectivity index (χ0n) is 13.5. The van der Waals surface area contributed by atoms with Gasteiger partial charge in [0.2, 0.25) is 11.8 Å². The highest BCUT2D eigenvalue weighted by molar-refractivity contribution is 5.76. The lowest BCUT2D eigenvalue weighted by Crippen LogP contribution is -2.39. The summed E-state index contributed by atoms with van der Waals surface area (Å²) < 4.78 is 0. The molecule has 1 aliphatic rings. The number of carboxylic acids is 1. The zero-order chi connectivity index (χ0) is 16.4. The van der Waals surface area contributed by atoms with Crippen molar-refractivity contribution in [2.45, 2.75) is 58.3 Å². The highest BCUT2D eigenvalue weighted by Gasteiger charge is 2.23. The van der Waals surface area contributed by atoms with Crippen LogP contribution in [0.4, 0.5) is 0 Å². The van der Waals surface area contributed by atoms with Crippen LogP contribution in [0.25, 0.3) is 0 Å². The highest BCUT2D eigenvalue weighted by atomic mass is 16.4. The first kappa shape index (κ1) is 18.5. The molecule has 2 N–H and O–H groups in total. The van der Waals surface area contributed by atoms with Crippen molar-refractivity contribution in [2.24, 2.45) is 5.92 Å². The third-order valence-corrected chi connectivity index (χ3v) is 4.08. The van der Waals surface area contributed by atoms with Crippen molar-refractivity contribution in [3.63, 3.8) is 0 Å². The van der Waals surface area contributed by atoms with E-state index in [4.69, 9.17) is 5.11 Å². The van der Waals surface area contributed by atoms with Crippen molar-refractivity contribution in [1.82, 2.24) is 10.2 Å². The lowest BCUT2D eigenvalue weighted by Gasteiger charge is -2.32. The van der Waals surface area contributed by atoms with Crippen molar-refractivity contribution in [3.8, 4) is 0 Å². The molecule has 1 unspecified atom stereocenters. The molecule has 0 bridgehead atoms. The Bertz CT molecular complexity index is 384. The maximum Gasteiger partial charge on any atom is 0.303 e. The number of hydrogen-bond donors (Lipinski definition) is 2. The number of carboxylic acid groups (broad SMARTS) is 1. The molecule has 0 saturated carbocycles. The van der Waals surface area contributed by atoms with E-state index in [1.165, 1.54) is 6.92 Å². The van der Waals surface area contributed by atoms with Gasteiger partial charge >= 0.3 is 5.97 Å². The monoisotopic (exact) mass is 312 g/mol. The standard InChI is InChI=1S/C16H28N2O4/c1-13(19)17-10-4-2-3-7-15(20)18-11-5-6-14(12-18)8-9-16(21)22/h14H,2-12H2,1H3,(H,17,19)(H,21,22). The van der Waals surface area contributed by atoms with Gasteiger partial charge in [0.15, 0.2) is 0 Å². The number of unbranched alkanes of at least 4 members (excludes halogenated alkanes) is 2.